The van der Waals surface area contributed by atoms with Crippen LogP contribution in [0.15, 0.2) is 48.5 Å². The summed E-state index contributed by atoms with van der Waals surface area (Å²) >= 11 is 0. The van der Waals surface area contributed by atoms with E-state index in [1.54, 1.807) is 30.3 Å². The lowest BCUT2D eigenvalue weighted by Crippen LogP contribution is -2.38. The van der Waals surface area contributed by atoms with Gasteiger partial charge in [0.25, 0.3) is 11.8 Å². The molecule has 3 rings (SSSR count). The maximum Gasteiger partial charge on any atom is 0.259 e. The molecule has 2 aromatic carbocycles. The minimum Gasteiger partial charge on any atom is -0.490 e. The molecule has 0 heterocycles. The molecule has 6 nitrogen and oxygen atoms in total. The molecular weight excluding hydrogens is 392 g/mol. The summed E-state index contributed by atoms with van der Waals surface area (Å²) in [5, 5.41) is 2.91. The second kappa shape index (κ2) is 11.5. The van der Waals surface area contributed by atoms with Crippen molar-refractivity contribution in [3.05, 3.63) is 59.7 Å². The molecule has 0 spiro atoms. The van der Waals surface area contributed by atoms with Crippen LogP contribution in [-0.2, 0) is 4.74 Å². The normalized spacial score (nSPS) is 14.1. The van der Waals surface area contributed by atoms with Gasteiger partial charge in [-0.25, -0.2) is 0 Å². The van der Waals surface area contributed by atoms with Gasteiger partial charge in [-0.3, -0.25) is 9.59 Å². The van der Waals surface area contributed by atoms with Gasteiger partial charge in [0.15, 0.2) is 0 Å². The first-order chi connectivity index (χ1) is 15.1. The van der Waals surface area contributed by atoms with E-state index in [-0.39, 0.29) is 17.9 Å². The number of carbonyl (C=O) groups is 2. The summed E-state index contributed by atoms with van der Waals surface area (Å²) in [4.78, 5) is 28.0. The molecule has 1 fully saturated rings. The van der Waals surface area contributed by atoms with Crippen LogP contribution in [0.4, 0.5) is 5.69 Å². The predicted molar refractivity (Wildman–Crippen MR) is 122 cm³/mol. The van der Waals surface area contributed by atoms with Crippen molar-refractivity contribution >= 4 is 17.5 Å². The van der Waals surface area contributed by atoms with E-state index in [0.29, 0.717) is 42.4 Å². The summed E-state index contributed by atoms with van der Waals surface area (Å²) in [5.74, 6) is 0.111. The third kappa shape index (κ3) is 6.07. The molecule has 0 atom stereocenters. The van der Waals surface area contributed by atoms with Crippen molar-refractivity contribution < 1.29 is 19.1 Å². The van der Waals surface area contributed by atoms with Crippen LogP contribution >= 0.6 is 0 Å². The van der Waals surface area contributed by atoms with Crippen molar-refractivity contribution in [2.24, 2.45) is 0 Å². The number of amides is 2. The van der Waals surface area contributed by atoms with Gasteiger partial charge in [-0.05, 0) is 44.0 Å². The SMILES string of the molecule is CCOCCOc1ccccc1C(=O)Nc1ccccc1C(=O)N(C)C1CCCCC1. The van der Waals surface area contributed by atoms with E-state index in [1.807, 2.05) is 37.1 Å². The number of carbonyl (C=O) groups excluding carboxylic acids is 2. The Morgan fingerprint density at radius 1 is 0.968 bits per heavy atom. The predicted octanol–water partition coefficient (Wildman–Crippen LogP) is 4.76. The molecule has 1 aliphatic carbocycles. The van der Waals surface area contributed by atoms with E-state index >= 15 is 0 Å². The highest BCUT2D eigenvalue weighted by Crippen LogP contribution is 2.26. The van der Waals surface area contributed by atoms with Crippen molar-refractivity contribution in [2.45, 2.75) is 45.1 Å². The summed E-state index contributed by atoms with van der Waals surface area (Å²) < 4.78 is 11.0. The fourth-order valence-corrected chi connectivity index (χ4v) is 3.93. The quantitative estimate of drug-likeness (QED) is 0.590. The number of para-hydroxylation sites is 2. The number of hydrogen-bond acceptors (Lipinski definition) is 4. The fourth-order valence-electron chi connectivity index (χ4n) is 3.93. The number of hydrogen-bond donors (Lipinski definition) is 1. The Balaban J connectivity index is 1.73. The van der Waals surface area contributed by atoms with Crippen LogP contribution in [0, 0.1) is 0 Å². The number of rotatable bonds is 9. The Morgan fingerprint density at radius 2 is 1.65 bits per heavy atom. The molecule has 1 saturated carbocycles. The molecule has 166 valence electrons. The molecule has 2 amide bonds. The van der Waals surface area contributed by atoms with Gasteiger partial charge in [0, 0.05) is 19.7 Å². The number of nitrogens with one attached hydrogen (secondary N) is 1. The van der Waals surface area contributed by atoms with Crippen LogP contribution in [0.1, 0.15) is 59.7 Å². The highest BCUT2D eigenvalue weighted by Gasteiger charge is 2.25. The van der Waals surface area contributed by atoms with E-state index in [2.05, 4.69) is 5.32 Å². The number of anilines is 1. The van der Waals surface area contributed by atoms with Gasteiger partial charge in [-0.15, -0.1) is 0 Å². The van der Waals surface area contributed by atoms with Crippen molar-refractivity contribution in [2.75, 3.05) is 32.2 Å². The average Bonchev–Trinajstić information content (AvgIpc) is 2.82. The van der Waals surface area contributed by atoms with E-state index in [0.717, 1.165) is 25.7 Å². The van der Waals surface area contributed by atoms with Crippen LogP contribution in [0.2, 0.25) is 0 Å². The van der Waals surface area contributed by atoms with Crippen LogP contribution in [0.25, 0.3) is 0 Å². The Labute approximate surface area is 184 Å². The van der Waals surface area contributed by atoms with Crippen LogP contribution in [0.5, 0.6) is 5.75 Å². The van der Waals surface area contributed by atoms with Gasteiger partial charge in [-0.1, -0.05) is 43.5 Å². The summed E-state index contributed by atoms with van der Waals surface area (Å²) in [6.07, 6.45) is 5.60. The second-order valence-electron chi connectivity index (χ2n) is 7.75. The summed E-state index contributed by atoms with van der Waals surface area (Å²) in [5.41, 5.74) is 1.42. The molecule has 0 radical (unpaired) electrons. The summed E-state index contributed by atoms with van der Waals surface area (Å²) in [7, 11) is 1.86. The molecule has 0 unspecified atom stereocenters. The Morgan fingerprint density at radius 3 is 2.39 bits per heavy atom. The van der Waals surface area contributed by atoms with Crippen LogP contribution in [-0.4, -0.2) is 49.6 Å². The average molecular weight is 425 g/mol. The highest BCUT2D eigenvalue weighted by atomic mass is 16.5. The standard InChI is InChI=1S/C25H32N2O4/c1-3-30-17-18-31-23-16-10-8-14-21(23)24(28)26-22-15-9-7-13-20(22)25(29)27(2)19-11-5-4-6-12-19/h7-10,13-16,19H,3-6,11-12,17-18H2,1-2H3,(H,26,28). The summed E-state index contributed by atoms with van der Waals surface area (Å²) in [6, 6.07) is 14.5. The van der Waals surface area contributed by atoms with E-state index in [4.69, 9.17) is 9.47 Å². The largest absolute Gasteiger partial charge is 0.490 e. The van der Waals surface area contributed by atoms with E-state index in [9.17, 15) is 9.59 Å². The van der Waals surface area contributed by atoms with E-state index in [1.165, 1.54) is 6.42 Å². The zero-order valence-electron chi connectivity index (χ0n) is 18.4. The van der Waals surface area contributed by atoms with Gasteiger partial charge in [0.05, 0.1) is 23.4 Å². The molecule has 0 saturated heterocycles. The topological polar surface area (TPSA) is 67.9 Å². The molecule has 6 heteroatoms. The minimum absolute atomic E-state index is 0.0657. The zero-order chi connectivity index (χ0) is 22.1. The smallest absolute Gasteiger partial charge is 0.259 e. The molecule has 0 aliphatic heterocycles. The fraction of sp³-hybridized carbons (Fsp3) is 0.440. The lowest BCUT2D eigenvalue weighted by atomic mass is 9.94. The third-order valence-electron chi connectivity index (χ3n) is 5.67. The highest BCUT2D eigenvalue weighted by molar-refractivity contribution is 6.10. The zero-order valence-corrected chi connectivity index (χ0v) is 18.4. The maximum absolute atomic E-state index is 13.2. The Hall–Kier alpha value is -2.86. The molecule has 0 aromatic heterocycles. The van der Waals surface area contributed by atoms with Crippen molar-refractivity contribution in [1.82, 2.24) is 4.90 Å². The number of nitrogens with zero attached hydrogens (tertiary/aromatic N) is 1. The van der Waals surface area contributed by atoms with Gasteiger partial charge >= 0.3 is 0 Å². The minimum atomic E-state index is -0.312. The Bertz CT molecular complexity index is 877. The molecule has 1 aliphatic rings. The van der Waals surface area contributed by atoms with Crippen LogP contribution in [0.3, 0.4) is 0 Å². The monoisotopic (exact) mass is 424 g/mol. The van der Waals surface area contributed by atoms with Gasteiger partial charge < -0.3 is 19.7 Å². The molecule has 31 heavy (non-hydrogen) atoms. The van der Waals surface area contributed by atoms with Gasteiger partial charge in [0.1, 0.15) is 12.4 Å². The molecule has 2 aromatic rings. The first kappa shape index (κ1) is 22.8. The number of benzene rings is 2. The third-order valence-corrected chi connectivity index (χ3v) is 5.67. The molecule has 1 N–H and O–H groups in total. The van der Waals surface area contributed by atoms with Gasteiger partial charge in [-0.2, -0.15) is 0 Å². The van der Waals surface area contributed by atoms with Crippen molar-refractivity contribution in [3.63, 3.8) is 0 Å². The lowest BCUT2D eigenvalue weighted by Gasteiger charge is -2.31. The second-order valence-corrected chi connectivity index (χ2v) is 7.75. The van der Waals surface area contributed by atoms with Crippen molar-refractivity contribution in [1.29, 1.82) is 0 Å². The maximum atomic E-state index is 13.2. The van der Waals surface area contributed by atoms with Gasteiger partial charge in [0.2, 0.25) is 0 Å². The first-order valence-corrected chi connectivity index (χ1v) is 11.1. The molecular formula is C25H32N2O4. The Kier molecular flexibility index (Phi) is 8.47. The molecule has 0 bridgehead atoms. The summed E-state index contributed by atoms with van der Waals surface area (Å²) in [6.45, 7) is 3.36. The van der Waals surface area contributed by atoms with Crippen LogP contribution < -0.4 is 10.1 Å². The number of ether oxygens (including phenoxy) is 2. The van der Waals surface area contributed by atoms with E-state index < -0.39 is 0 Å². The first-order valence-electron chi connectivity index (χ1n) is 11.1. The van der Waals surface area contributed by atoms with Crippen molar-refractivity contribution in [3.8, 4) is 5.75 Å². The lowest BCUT2D eigenvalue weighted by molar-refractivity contribution is 0.0697.